The lowest BCUT2D eigenvalue weighted by Crippen LogP contribution is -2.16. The van der Waals surface area contributed by atoms with Gasteiger partial charge in [0.2, 0.25) is 5.95 Å². The van der Waals surface area contributed by atoms with Gasteiger partial charge in [0.15, 0.2) is 0 Å². The Hall–Kier alpha value is -3.41. The molecule has 0 aliphatic heterocycles. The molecule has 0 aliphatic carbocycles. The number of amides is 1. The molecule has 1 heterocycles. The highest BCUT2D eigenvalue weighted by molar-refractivity contribution is 6.03. The number of nitrogens with zero attached hydrogens (tertiary/aromatic N) is 2. The summed E-state index contributed by atoms with van der Waals surface area (Å²) >= 11 is 0. The van der Waals surface area contributed by atoms with Gasteiger partial charge < -0.3 is 15.4 Å². The maximum absolute atomic E-state index is 12.6. The minimum absolute atomic E-state index is 0.280. The molecule has 0 atom stereocenters. The summed E-state index contributed by atoms with van der Waals surface area (Å²) < 4.78 is 5.54. The summed E-state index contributed by atoms with van der Waals surface area (Å²) in [4.78, 5) is 21.3. The minimum Gasteiger partial charge on any atom is -0.492 e. The van der Waals surface area contributed by atoms with Gasteiger partial charge in [0, 0.05) is 11.4 Å². The Morgan fingerprint density at radius 3 is 2.54 bits per heavy atom. The maximum Gasteiger partial charge on any atom is 0.274 e. The van der Waals surface area contributed by atoms with Crippen LogP contribution in [0.2, 0.25) is 0 Å². The molecule has 2 aromatic carbocycles. The van der Waals surface area contributed by atoms with E-state index in [-0.39, 0.29) is 11.6 Å². The topological polar surface area (TPSA) is 76.1 Å². The van der Waals surface area contributed by atoms with E-state index in [1.54, 1.807) is 12.1 Å². The van der Waals surface area contributed by atoms with Gasteiger partial charge in [-0.15, -0.1) is 0 Å². The van der Waals surface area contributed by atoms with Gasteiger partial charge >= 0.3 is 0 Å². The van der Waals surface area contributed by atoms with Crippen molar-refractivity contribution < 1.29 is 9.53 Å². The first kappa shape index (κ1) is 17.4. The molecule has 6 nitrogen and oxygen atoms in total. The van der Waals surface area contributed by atoms with Crippen molar-refractivity contribution in [2.24, 2.45) is 0 Å². The van der Waals surface area contributed by atoms with Gasteiger partial charge in [-0.3, -0.25) is 4.79 Å². The van der Waals surface area contributed by atoms with Crippen molar-refractivity contribution in [2.45, 2.75) is 13.8 Å². The van der Waals surface area contributed by atoms with Gasteiger partial charge in [0.05, 0.1) is 12.3 Å². The monoisotopic (exact) mass is 348 g/mol. The summed E-state index contributed by atoms with van der Waals surface area (Å²) in [6, 6.07) is 18.5. The third kappa shape index (κ3) is 4.36. The Labute approximate surface area is 152 Å². The smallest absolute Gasteiger partial charge is 0.274 e. The van der Waals surface area contributed by atoms with Gasteiger partial charge in [0.25, 0.3) is 5.91 Å². The van der Waals surface area contributed by atoms with Crippen LogP contribution in [0, 0.1) is 6.92 Å². The highest BCUT2D eigenvalue weighted by Gasteiger charge is 2.13. The average molecular weight is 348 g/mol. The molecular formula is C20H20N4O2. The van der Waals surface area contributed by atoms with Crippen molar-refractivity contribution in [3.05, 3.63) is 72.1 Å². The first-order chi connectivity index (χ1) is 12.7. The largest absolute Gasteiger partial charge is 0.492 e. The van der Waals surface area contributed by atoms with Crippen molar-refractivity contribution in [3.63, 3.8) is 0 Å². The summed E-state index contributed by atoms with van der Waals surface area (Å²) in [6.07, 6.45) is 0. The fraction of sp³-hybridized carbons (Fsp3) is 0.150. The van der Waals surface area contributed by atoms with Crippen molar-refractivity contribution in [1.82, 2.24) is 9.97 Å². The van der Waals surface area contributed by atoms with Crippen molar-refractivity contribution in [2.75, 3.05) is 17.2 Å². The fourth-order valence-electron chi connectivity index (χ4n) is 2.43. The van der Waals surface area contributed by atoms with Crippen molar-refractivity contribution >= 4 is 23.2 Å². The van der Waals surface area contributed by atoms with Gasteiger partial charge in [0.1, 0.15) is 11.4 Å². The summed E-state index contributed by atoms with van der Waals surface area (Å²) in [5.41, 5.74) is 2.43. The molecule has 0 spiro atoms. The third-order valence-electron chi connectivity index (χ3n) is 3.55. The molecule has 0 aliphatic rings. The molecule has 0 unspecified atom stereocenters. The number of para-hydroxylation sites is 3. The zero-order valence-corrected chi connectivity index (χ0v) is 14.7. The first-order valence-electron chi connectivity index (χ1n) is 8.36. The molecule has 0 saturated heterocycles. The molecule has 0 saturated carbocycles. The van der Waals surface area contributed by atoms with Gasteiger partial charge in [-0.2, -0.15) is 0 Å². The van der Waals surface area contributed by atoms with Crippen LogP contribution in [-0.2, 0) is 0 Å². The van der Waals surface area contributed by atoms with Gasteiger partial charge in [-0.25, -0.2) is 9.97 Å². The summed E-state index contributed by atoms with van der Waals surface area (Å²) in [6.45, 7) is 4.24. The quantitative estimate of drug-likeness (QED) is 0.699. The van der Waals surface area contributed by atoms with E-state index in [0.717, 1.165) is 5.69 Å². The second kappa shape index (κ2) is 8.11. The van der Waals surface area contributed by atoms with Crippen LogP contribution in [0.5, 0.6) is 5.75 Å². The Morgan fingerprint density at radius 1 is 1.04 bits per heavy atom. The standard InChI is InChI=1S/C20H20N4O2/c1-3-26-18-12-8-7-11-16(18)23-19(25)17-13-14(2)21-20(24-17)22-15-9-5-4-6-10-15/h4-13H,3H2,1-2H3,(H,23,25)(H,21,22,24). The number of carbonyl (C=O) groups is 1. The highest BCUT2D eigenvalue weighted by Crippen LogP contribution is 2.24. The number of hydrogen-bond acceptors (Lipinski definition) is 5. The van der Waals surface area contributed by atoms with Crippen molar-refractivity contribution in [3.8, 4) is 5.75 Å². The van der Waals surface area contributed by atoms with E-state index in [0.29, 0.717) is 29.7 Å². The Balaban J connectivity index is 1.81. The molecule has 0 radical (unpaired) electrons. The number of rotatable bonds is 6. The van der Waals surface area contributed by atoms with E-state index in [4.69, 9.17) is 4.74 Å². The summed E-state index contributed by atoms with van der Waals surface area (Å²) in [5, 5.41) is 5.96. The second-order valence-corrected chi connectivity index (χ2v) is 5.59. The van der Waals surface area contributed by atoms with Crippen LogP contribution in [0.1, 0.15) is 23.1 Å². The number of ether oxygens (including phenoxy) is 1. The highest BCUT2D eigenvalue weighted by atomic mass is 16.5. The minimum atomic E-state index is -0.321. The number of aromatic nitrogens is 2. The van der Waals surface area contributed by atoms with E-state index in [1.165, 1.54) is 0 Å². The molecule has 2 N–H and O–H groups in total. The molecule has 0 bridgehead atoms. The fourth-order valence-corrected chi connectivity index (χ4v) is 2.43. The Morgan fingerprint density at radius 2 is 1.77 bits per heavy atom. The number of aryl methyl sites for hydroxylation is 1. The summed E-state index contributed by atoms with van der Waals surface area (Å²) in [7, 11) is 0. The van der Waals surface area contributed by atoms with Crippen LogP contribution in [0.3, 0.4) is 0 Å². The summed E-state index contributed by atoms with van der Waals surface area (Å²) in [5.74, 6) is 0.676. The molecule has 132 valence electrons. The van der Waals surface area contributed by atoms with Crippen LogP contribution >= 0.6 is 0 Å². The molecule has 26 heavy (non-hydrogen) atoms. The molecule has 1 aromatic heterocycles. The second-order valence-electron chi connectivity index (χ2n) is 5.59. The first-order valence-corrected chi connectivity index (χ1v) is 8.36. The normalized spacial score (nSPS) is 10.2. The zero-order valence-electron chi connectivity index (χ0n) is 14.7. The Bertz CT molecular complexity index is 897. The van der Waals surface area contributed by atoms with Crippen LogP contribution in [0.15, 0.2) is 60.7 Å². The lowest BCUT2D eigenvalue weighted by Gasteiger charge is -2.12. The lowest BCUT2D eigenvalue weighted by molar-refractivity contribution is 0.102. The average Bonchev–Trinajstić information content (AvgIpc) is 2.64. The van der Waals surface area contributed by atoms with E-state index in [2.05, 4.69) is 20.6 Å². The zero-order chi connectivity index (χ0) is 18.4. The SMILES string of the molecule is CCOc1ccccc1NC(=O)c1cc(C)nc(Nc2ccccc2)n1. The molecule has 3 rings (SSSR count). The molecule has 3 aromatic rings. The number of benzene rings is 2. The Kier molecular flexibility index (Phi) is 5.43. The van der Waals surface area contributed by atoms with Gasteiger partial charge in [-0.1, -0.05) is 30.3 Å². The number of anilines is 3. The molecule has 6 heteroatoms. The number of hydrogen-bond donors (Lipinski definition) is 2. The predicted molar refractivity (Wildman–Crippen MR) is 102 cm³/mol. The van der Waals surface area contributed by atoms with Crippen molar-refractivity contribution in [1.29, 1.82) is 0 Å². The predicted octanol–water partition coefficient (Wildman–Crippen LogP) is 4.18. The van der Waals surface area contributed by atoms with Crippen LogP contribution in [0.4, 0.5) is 17.3 Å². The van der Waals surface area contributed by atoms with E-state index < -0.39 is 0 Å². The molecule has 0 fully saturated rings. The van der Waals surface area contributed by atoms with Crippen LogP contribution in [0.25, 0.3) is 0 Å². The molecule has 1 amide bonds. The van der Waals surface area contributed by atoms with Crippen LogP contribution in [-0.4, -0.2) is 22.5 Å². The number of nitrogens with one attached hydrogen (secondary N) is 2. The molecular weight excluding hydrogens is 328 g/mol. The van der Waals surface area contributed by atoms with Gasteiger partial charge in [-0.05, 0) is 44.2 Å². The lowest BCUT2D eigenvalue weighted by atomic mass is 10.2. The van der Waals surface area contributed by atoms with Crippen LogP contribution < -0.4 is 15.4 Å². The van der Waals surface area contributed by atoms with E-state index >= 15 is 0 Å². The third-order valence-corrected chi connectivity index (χ3v) is 3.55. The van der Waals surface area contributed by atoms with E-state index in [1.807, 2.05) is 62.4 Å². The van der Waals surface area contributed by atoms with E-state index in [9.17, 15) is 4.79 Å². The maximum atomic E-state index is 12.6. The number of carbonyl (C=O) groups excluding carboxylic acids is 1.